The fourth-order valence-electron chi connectivity index (χ4n) is 5.34. The first-order valence-corrected chi connectivity index (χ1v) is 8.05. The fourth-order valence-corrected chi connectivity index (χ4v) is 5.34. The van der Waals surface area contributed by atoms with E-state index in [0.717, 1.165) is 30.9 Å². The molecule has 3 aliphatic carbocycles. The van der Waals surface area contributed by atoms with Gasteiger partial charge in [0, 0.05) is 20.2 Å². The molecule has 104 valence electrons. The molecule has 3 atom stereocenters. The lowest BCUT2D eigenvalue weighted by atomic mass is 9.64. The van der Waals surface area contributed by atoms with Crippen LogP contribution >= 0.6 is 0 Å². The first-order chi connectivity index (χ1) is 8.85. The Labute approximate surface area is 112 Å². The molecule has 0 aromatic heterocycles. The number of hydrogen-bond acceptors (Lipinski definition) is 2. The Hall–Kier alpha value is -0.0800. The Kier molecular flexibility index (Phi) is 3.95. The number of methoxy groups -OCH3 is 1. The predicted octanol–water partition coefficient (Wildman–Crippen LogP) is 3.22. The normalized spacial score (nSPS) is 39.8. The average molecular weight is 251 g/mol. The van der Waals surface area contributed by atoms with Gasteiger partial charge in [0.05, 0.1) is 6.61 Å². The summed E-state index contributed by atoms with van der Waals surface area (Å²) in [5, 5.41) is 3.71. The third kappa shape index (κ3) is 2.22. The van der Waals surface area contributed by atoms with Crippen molar-refractivity contribution < 1.29 is 4.74 Å². The molecular weight excluding hydrogens is 222 g/mol. The molecule has 3 unspecified atom stereocenters. The van der Waals surface area contributed by atoms with Crippen LogP contribution in [-0.2, 0) is 4.74 Å². The van der Waals surface area contributed by atoms with Gasteiger partial charge in [-0.15, -0.1) is 0 Å². The summed E-state index contributed by atoms with van der Waals surface area (Å²) < 4.78 is 5.16. The highest BCUT2D eigenvalue weighted by molar-refractivity contribution is 5.05. The van der Waals surface area contributed by atoms with E-state index in [1.807, 2.05) is 0 Å². The maximum atomic E-state index is 5.16. The van der Waals surface area contributed by atoms with Crippen molar-refractivity contribution in [2.75, 3.05) is 26.8 Å². The highest BCUT2D eigenvalue weighted by atomic mass is 16.5. The van der Waals surface area contributed by atoms with Crippen LogP contribution in [0.25, 0.3) is 0 Å². The van der Waals surface area contributed by atoms with Crippen LogP contribution in [0.5, 0.6) is 0 Å². The first-order valence-electron chi connectivity index (χ1n) is 8.05. The van der Waals surface area contributed by atoms with Gasteiger partial charge in [0.1, 0.15) is 0 Å². The number of nitrogens with one attached hydrogen (secondary N) is 1. The average Bonchev–Trinajstić information content (AvgIpc) is 3.09. The largest absolute Gasteiger partial charge is 0.383 e. The minimum Gasteiger partial charge on any atom is -0.383 e. The molecule has 0 aromatic carbocycles. The zero-order chi connectivity index (χ0) is 12.4. The maximum absolute atomic E-state index is 5.16. The fraction of sp³-hybridized carbons (Fsp3) is 1.00. The molecule has 2 nitrogen and oxygen atoms in total. The van der Waals surface area contributed by atoms with Gasteiger partial charge in [0.15, 0.2) is 0 Å². The highest BCUT2D eigenvalue weighted by Gasteiger charge is 2.54. The van der Waals surface area contributed by atoms with Gasteiger partial charge in [-0.3, -0.25) is 0 Å². The van der Waals surface area contributed by atoms with Gasteiger partial charge in [-0.25, -0.2) is 0 Å². The molecule has 2 heteroatoms. The molecule has 3 aliphatic rings. The van der Waals surface area contributed by atoms with E-state index in [0.29, 0.717) is 5.41 Å². The smallest absolute Gasteiger partial charge is 0.0587 e. The number of rotatable bonds is 6. The molecule has 0 heterocycles. The van der Waals surface area contributed by atoms with E-state index in [-0.39, 0.29) is 0 Å². The molecule has 0 spiro atoms. The van der Waals surface area contributed by atoms with Crippen LogP contribution in [-0.4, -0.2) is 26.8 Å². The summed E-state index contributed by atoms with van der Waals surface area (Å²) >= 11 is 0. The maximum Gasteiger partial charge on any atom is 0.0587 e. The Morgan fingerprint density at radius 3 is 2.56 bits per heavy atom. The summed E-state index contributed by atoms with van der Waals surface area (Å²) in [7, 11) is 1.80. The summed E-state index contributed by atoms with van der Waals surface area (Å²) in [5.74, 6) is 3.14. The number of hydrogen-bond donors (Lipinski definition) is 1. The second kappa shape index (κ2) is 5.50. The van der Waals surface area contributed by atoms with Gasteiger partial charge in [0.2, 0.25) is 0 Å². The lowest BCUT2D eigenvalue weighted by Crippen LogP contribution is -2.44. The lowest BCUT2D eigenvalue weighted by Gasteiger charge is -2.43. The van der Waals surface area contributed by atoms with E-state index < -0.39 is 0 Å². The van der Waals surface area contributed by atoms with E-state index in [4.69, 9.17) is 4.74 Å². The summed E-state index contributed by atoms with van der Waals surface area (Å²) in [6.45, 7) is 3.15. The van der Waals surface area contributed by atoms with Crippen molar-refractivity contribution in [1.82, 2.24) is 5.32 Å². The van der Waals surface area contributed by atoms with E-state index in [1.165, 1.54) is 51.5 Å². The summed E-state index contributed by atoms with van der Waals surface area (Å²) in [5.41, 5.74) is 0.674. The molecule has 3 fully saturated rings. The molecule has 3 rings (SSSR count). The molecule has 2 bridgehead atoms. The zero-order valence-electron chi connectivity index (χ0n) is 11.9. The van der Waals surface area contributed by atoms with Crippen molar-refractivity contribution in [1.29, 1.82) is 0 Å². The quantitative estimate of drug-likeness (QED) is 0.732. The van der Waals surface area contributed by atoms with Crippen molar-refractivity contribution in [3.63, 3.8) is 0 Å². The van der Waals surface area contributed by atoms with Crippen LogP contribution in [0.4, 0.5) is 0 Å². The molecule has 18 heavy (non-hydrogen) atoms. The van der Waals surface area contributed by atoms with E-state index in [9.17, 15) is 0 Å². The molecule has 0 radical (unpaired) electrons. The van der Waals surface area contributed by atoms with Crippen LogP contribution in [0.3, 0.4) is 0 Å². The molecule has 0 saturated heterocycles. The molecule has 1 N–H and O–H groups in total. The zero-order valence-corrected chi connectivity index (χ0v) is 11.9. The summed E-state index contributed by atoms with van der Waals surface area (Å²) in [6, 6.07) is 0. The van der Waals surface area contributed by atoms with Crippen LogP contribution in [0.15, 0.2) is 0 Å². The van der Waals surface area contributed by atoms with Crippen molar-refractivity contribution in [3.8, 4) is 0 Å². The van der Waals surface area contributed by atoms with E-state index in [1.54, 1.807) is 13.5 Å². The molecule has 3 saturated carbocycles. The first kappa shape index (κ1) is 12.9. The molecule has 0 aliphatic heterocycles. The van der Waals surface area contributed by atoms with Gasteiger partial charge in [-0.05, 0) is 55.3 Å². The molecular formula is C16H29NO. The summed E-state index contributed by atoms with van der Waals surface area (Å²) in [4.78, 5) is 0. The minimum absolute atomic E-state index is 0.674. The lowest BCUT2D eigenvalue weighted by molar-refractivity contribution is 0.0727. The number of fused-ring (bicyclic) bond motifs is 2. The van der Waals surface area contributed by atoms with Gasteiger partial charge >= 0.3 is 0 Å². The third-order valence-corrected chi connectivity index (χ3v) is 6.13. The van der Waals surface area contributed by atoms with Gasteiger partial charge in [0.25, 0.3) is 0 Å². The van der Waals surface area contributed by atoms with Crippen LogP contribution in [0, 0.1) is 23.2 Å². The van der Waals surface area contributed by atoms with Crippen molar-refractivity contribution >= 4 is 0 Å². The van der Waals surface area contributed by atoms with Gasteiger partial charge < -0.3 is 10.1 Å². The minimum atomic E-state index is 0.674. The molecule has 0 aromatic rings. The standard InChI is InChI=1S/C16H29NO/c1-18-9-8-17-12-16(14-4-2-3-5-14)11-13-6-7-15(16)10-13/h13-15,17H,2-12H2,1H3. The Balaban J connectivity index is 1.64. The van der Waals surface area contributed by atoms with Crippen molar-refractivity contribution in [3.05, 3.63) is 0 Å². The van der Waals surface area contributed by atoms with Crippen LogP contribution in [0.2, 0.25) is 0 Å². The third-order valence-electron chi connectivity index (χ3n) is 6.13. The molecule has 0 amide bonds. The monoisotopic (exact) mass is 251 g/mol. The topological polar surface area (TPSA) is 21.3 Å². The van der Waals surface area contributed by atoms with Gasteiger partial charge in [-0.1, -0.05) is 19.3 Å². The van der Waals surface area contributed by atoms with Gasteiger partial charge in [-0.2, -0.15) is 0 Å². The van der Waals surface area contributed by atoms with E-state index >= 15 is 0 Å². The van der Waals surface area contributed by atoms with Crippen molar-refractivity contribution in [2.45, 2.75) is 51.4 Å². The predicted molar refractivity (Wildman–Crippen MR) is 74.6 cm³/mol. The van der Waals surface area contributed by atoms with Crippen LogP contribution in [0.1, 0.15) is 51.4 Å². The van der Waals surface area contributed by atoms with Crippen molar-refractivity contribution in [2.24, 2.45) is 23.2 Å². The highest BCUT2D eigenvalue weighted by Crippen LogP contribution is 2.61. The van der Waals surface area contributed by atoms with E-state index in [2.05, 4.69) is 5.32 Å². The Morgan fingerprint density at radius 1 is 1.11 bits per heavy atom. The summed E-state index contributed by atoms with van der Waals surface area (Å²) in [6.07, 6.45) is 12.1. The Morgan fingerprint density at radius 2 is 1.94 bits per heavy atom. The Bertz CT molecular complexity index is 274. The van der Waals surface area contributed by atoms with Crippen LogP contribution < -0.4 is 5.32 Å². The second-order valence-electron chi connectivity index (χ2n) is 6.96. The second-order valence-corrected chi connectivity index (χ2v) is 6.96. The SMILES string of the molecule is COCCNCC1(C2CCCC2)CC2CCC1C2. The number of ether oxygens (including phenoxy) is 1.